The molecule has 0 bridgehead atoms. The van der Waals surface area contributed by atoms with Crippen molar-refractivity contribution < 1.29 is 14.2 Å². The summed E-state index contributed by atoms with van der Waals surface area (Å²) < 4.78 is 17.2. The molecule has 0 aromatic carbocycles. The third kappa shape index (κ3) is 2.82. The molecule has 3 unspecified atom stereocenters. The lowest BCUT2D eigenvalue weighted by Gasteiger charge is -2.36. The zero-order chi connectivity index (χ0) is 14.1. The van der Waals surface area contributed by atoms with Crippen LogP contribution >= 0.6 is 0 Å². The van der Waals surface area contributed by atoms with Crippen molar-refractivity contribution in [2.24, 2.45) is 17.8 Å². The number of hydrogen-bond donors (Lipinski definition) is 0. The van der Waals surface area contributed by atoms with Crippen molar-refractivity contribution in [3.8, 4) is 0 Å². The molecular weight excluding hydrogens is 254 g/mol. The minimum atomic E-state index is -0.0422. The van der Waals surface area contributed by atoms with E-state index < -0.39 is 0 Å². The lowest BCUT2D eigenvalue weighted by atomic mass is 9.87. The molecule has 3 aliphatic heterocycles. The van der Waals surface area contributed by atoms with E-state index in [0.29, 0.717) is 12.5 Å². The van der Waals surface area contributed by atoms with Crippen LogP contribution in [-0.4, -0.2) is 43.6 Å². The van der Waals surface area contributed by atoms with Crippen molar-refractivity contribution in [1.82, 2.24) is 4.90 Å². The number of nitrogens with zero attached hydrogens (tertiary/aromatic N) is 1. The summed E-state index contributed by atoms with van der Waals surface area (Å²) in [4.78, 5) is 2.29. The van der Waals surface area contributed by atoms with Crippen LogP contribution < -0.4 is 0 Å². The molecule has 0 radical (unpaired) electrons. The summed E-state index contributed by atoms with van der Waals surface area (Å²) in [7, 11) is 0. The van der Waals surface area contributed by atoms with Crippen LogP contribution in [0.5, 0.6) is 0 Å². The van der Waals surface area contributed by atoms with E-state index in [4.69, 9.17) is 14.2 Å². The average Bonchev–Trinajstić information content (AvgIpc) is 3.04. The topological polar surface area (TPSA) is 30.9 Å². The summed E-state index contributed by atoms with van der Waals surface area (Å²) in [6.45, 7) is 12.3. The quantitative estimate of drug-likeness (QED) is 0.741. The molecule has 114 valence electrons. The van der Waals surface area contributed by atoms with Gasteiger partial charge in [0.15, 0.2) is 12.2 Å². The van der Waals surface area contributed by atoms with Crippen LogP contribution in [0.4, 0.5) is 0 Å². The van der Waals surface area contributed by atoms with E-state index >= 15 is 0 Å². The van der Waals surface area contributed by atoms with Gasteiger partial charge in [0.05, 0.1) is 19.1 Å². The fraction of sp³-hybridized carbons (Fsp3) is 0.875. The molecule has 3 saturated heterocycles. The van der Waals surface area contributed by atoms with Gasteiger partial charge in [-0.25, -0.2) is 0 Å². The van der Waals surface area contributed by atoms with E-state index in [1.165, 1.54) is 12.8 Å². The molecule has 4 nitrogen and oxygen atoms in total. The highest BCUT2D eigenvalue weighted by molar-refractivity contribution is 4.92. The number of rotatable bonds is 4. The van der Waals surface area contributed by atoms with Gasteiger partial charge in [0, 0.05) is 13.1 Å². The molecule has 3 heterocycles. The van der Waals surface area contributed by atoms with Crippen LogP contribution in [0.1, 0.15) is 33.1 Å². The van der Waals surface area contributed by atoms with Gasteiger partial charge in [-0.05, 0) is 37.7 Å². The second-order valence-electron chi connectivity index (χ2n) is 6.64. The SMILES string of the molecule is C=C(OC1COC2OCCC12)N1CCC(C(C)C)CC1. The molecule has 3 rings (SSSR count). The van der Waals surface area contributed by atoms with Crippen molar-refractivity contribution in [1.29, 1.82) is 0 Å². The van der Waals surface area contributed by atoms with Gasteiger partial charge in [-0.15, -0.1) is 0 Å². The zero-order valence-electron chi connectivity index (χ0n) is 12.7. The molecule has 0 spiro atoms. The van der Waals surface area contributed by atoms with Crippen LogP contribution in [0.3, 0.4) is 0 Å². The highest BCUT2D eigenvalue weighted by Gasteiger charge is 2.43. The van der Waals surface area contributed by atoms with Crippen LogP contribution in [0.15, 0.2) is 12.5 Å². The maximum atomic E-state index is 6.09. The highest BCUT2D eigenvalue weighted by atomic mass is 16.7. The minimum absolute atomic E-state index is 0.0422. The van der Waals surface area contributed by atoms with Crippen molar-refractivity contribution >= 4 is 0 Å². The fourth-order valence-electron chi connectivity index (χ4n) is 3.61. The average molecular weight is 281 g/mol. The Morgan fingerprint density at radius 1 is 1.20 bits per heavy atom. The van der Waals surface area contributed by atoms with Gasteiger partial charge in [-0.3, -0.25) is 0 Å². The molecule has 3 aliphatic rings. The van der Waals surface area contributed by atoms with Crippen LogP contribution in [0.25, 0.3) is 0 Å². The molecule has 4 heteroatoms. The maximum absolute atomic E-state index is 6.09. The van der Waals surface area contributed by atoms with Gasteiger partial charge in [-0.2, -0.15) is 0 Å². The van der Waals surface area contributed by atoms with Gasteiger partial charge in [0.2, 0.25) is 0 Å². The van der Waals surface area contributed by atoms with Gasteiger partial charge < -0.3 is 19.1 Å². The normalized spacial score (nSPS) is 34.5. The summed E-state index contributed by atoms with van der Waals surface area (Å²) in [5, 5.41) is 0. The first-order valence-electron chi connectivity index (χ1n) is 7.99. The Kier molecular flexibility index (Phi) is 4.22. The third-order valence-electron chi connectivity index (χ3n) is 5.11. The molecule has 0 saturated carbocycles. The van der Waals surface area contributed by atoms with Gasteiger partial charge in [0.25, 0.3) is 0 Å². The Morgan fingerprint density at radius 2 is 1.95 bits per heavy atom. The van der Waals surface area contributed by atoms with E-state index in [-0.39, 0.29) is 12.4 Å². The number of ether oxygens (including phenoxy) is 3. The van der Waals surface area contributed by atoms with E-state index in [1.54, 1.807) is 0 Å². The number of hydrogen-bond acceptors (Lipinski definition) is 4. The predicted molar refractivity (Wildman–Crippen MR) is 76.9 cm³/mol. The highest BCUT2D eigenvalue weighted by Crippen LogP contribution is 2.35. The molecule has 0 aromatic heterocycles. The van der Waals surface area contributed by atoms with Gasteiger partial charge in [-0.1, -0.05) is 13.8 Å². The number of piperidine rings is 1. The van der Waals surface area contributed by atoms with Crippen molar-refractivity contribution in [3.63, 3.8) is 0 Å². The maximum Gasteiger partial charge on any atom is 0.182 e. The molecule has 0 aliphatic carbocycles. The summed E-state index contributed by atoms with van der Waals surface area (Å²) in [5.41, 5.74) is 0. The van der Waals surface area contributed by atoms with E-state index in [9.17, 15) is 0 Å². The first kappa shape index (κ1) is 14.2. The van der Waals surface area contributed by atoms with Crippen LogP contribution in [0.2, 0.25) is 0 Å². The molecule has 0 amide bonds. The lowest BCUT2D eigenvalue weighted by Crippen LogP contribution is -2.37. The van der Waals surface area contributed by atoms with Crippen molar-refractivity contribution in [2.45, 2.75) is 45.5 Å². The summed E-state index contributed by atoms with van der Waals surface area (Å²) in [5.74, 6) is 2.85. The molecule has 0 N–H and O–H groups in total. The molecule has 3 fully saturated rings. The lowest BCUT2D eigenvalue weighted by molar-refractivity contribution is -0.0908. The molecular formula is C16H27NO3. The van der Waals surface area contributed by atoms with E-state index in [2.05, 4.69) is 25.3 Å². The summed E-state index contributed by atoms with van der Waals surface area (Å²) in [6.07, 6.45) is 3.61. The third-order valence-corrected chi connectivity index (χ3v) is 5.11. The predicted octanol–water partition coefficient (Wildman–Crippen LogP) is 2.60. The first-order chi connectivity index (χ1) is 9.65. The monoisotopic (exact) mass is 281 g/mol. The van der Waals surface area contributed by atoms with Crippen molar-refractivity contribution in [3.05, 3.63) is 12.5 Å². The van der Waals surface area contributed by atoms with Crippen LogP contribution in [-0.2, 0) is 14.2 Å². The zero-order valence-corrected chi connectivity index (χ0v) is 12.7. The largest absolute Gasteiger partial charge is 0.473 e. The van der Waals surface area contributed by atoms with E-state index in [1.807, 2.05) is 0 Å². The molecule has 20 heavy (non-hydrogen) atoms. The number of fused-ring (bicyclic) bond motifs is 1. The Bertz CT molecular complexity index is 350. The Hall–Kier alpha value is -0.740. The first-order valence-corrected chi connectivity index (χ1v) is 7.99. The Balaban J connectivity index is 1.48. The molecule has 0 aromatic rings. The van der Waals surface area contributed by atoms with E-state index in [0.717, 1.165) is 43.8 Å². The standard InChI is InChI=1S/C16H27NO3/c1-11(2)13-4-7-17(8-5-13)12(3)20-15-10-19-16-14(15)6-9-18-16/h11,13-16H,3-10H2,1-2H3. The van der Waals surface area contributed by atoms with Gasteiger partial charge in [0.1, 0.15) is 6.10 Å². The van der Waals surface area contributed by atoms with Crippen molar-refractivity contribution in [2.75, 3.05) is 26.3 Å². The second kappa shape index (κ2) is 5.94. The Morgan fingerprint density at radius 3 is 2.65 bits per heavy atom. The second-order valence-corrected chi connectivity index (χ2v) is 6.64. The Labute approximate surface area is 122 Å². The van der Waals surface area contributed by atoms with Gasteiger partial charge >= 0.3 is 0 Å². The molecule has 3 atom stereocenters. The summed E-state index contributed by atoms with van der Waals surface area (Å²) in [6, 6.07) is 0. The fourth-order valence-corrected chi connectivity index (χ4v) is 3.61. The summed E-state index contributed by atoms with van der Waals surface area (Å²) >= 11 is 0. The number of likely N-dealkylation sites (tertiary alicyclic amines) is 1. The van der Waals surface area contributed by atoms with Crippen LogP contribution in [0, 0.1) is 17.8 Å². The minimum Gasteiger partial charge on any atom is -0.473 e. The smallest absolute Gasteiger partial charge is 0.182 e.